The highest BCUT2D eigenvalue weighted by Gasteiger charge is 2.27. The first-order chi connectivity index (χ1) is 8.80. The quantitative estimate of drug-likeness (QED) is 0.863. The minimum absolute atomic E-state index is 0.280. The second-order valence-corrected chi connectivity index (χ2v) is 5.41. The van der Waals surface area contributed by atoms with Crippen LogP contribution in [0.25, 0.3) is 0 Å². The van der Waals surface area contributed by atoms with Crippen molar-refractivity contribution in [1.82, 2.24) is 0 Å². The van der Waals surface area contributed by atoms with Crippen molar-refractivity contribution in [2.24, 2.45) is 0 Å². The third-order valence-electron chi connectivity index (χ3n) is 3.50. The summed E-state index contributed by atoms with van der Waals surface area (Å²) in [5.74, 6) is -0.280. The van der Waals surface area contributed by atoms with Crippen LogP contribution in [0.3, 0.4) is 0 Å². The van der Waals surface area contributed by atoms with Crippen LogP contribution in [-0.2, 0) is 5.60 Å². The molecule has 2 aromatic rings. The van der Waals surface area contributed by atoms with Crippen molar-refractivity contribution in [3.05, 3.63) is 70.0 Å². The van der Waals surface area contributed by atoms with E-state index >= 15 is 0 Å². The molecule has 0 aliphatic carbocycles. The van der Waals surface area contributed by atoms with Crippen molar-refractivity contribution in [2.45, 2.75) is 33.3 Å². The fraction of sp³-hybridized carbons (Fsp3) is 0.294. The van der Waals surface area contributed by atoms with Gasteiger partial charge in [-0.3, -0.25) is 0 Å². The van der Waals surface area contributed by atoms with Crippen molar-refractivity contribution < 1.29 is 9.50 Å². The maximum atomic E-state index is 13.2. The molecule has 0 bridgehead atoms. The summed E-state index contributed by atoms with van der Waals surface area (Å²) in [7, 11) is 0. The number of aliphatic hydroxyl groups is 1. The zero-order chi connectivity index (χ0) is 14.2. The van der Waals surface area contributed by atoms with E-state index in [1.165, 1.54) is 12.1 Å². The minimum atomic E-state index is -1.12. The number of rotatable bonds is 2. The number of benzene rings is 2. The van der Waals surface area contributed by atoms with Crippen LogP contribution in [0.15, 0.2) is 36.4 Å². The predicted molar refractivity (Wildman–Crippen MR) is 75.7 cm³/mol. The number of hydrogen-bond acceptors (Lipinski definition) is 1. The summed E-state index contributed by atoms with van der Waals surface area (Å²) < 4.78 is 13.2. The first kappa shape index (κ1) is 13.8. The van der Waals surface area contributed by atoms with Gasteiger partial charge in [0.2, 0.25) is 0 Å². The fourth-order valence-electron chi connectivity index (χ4n) is 2.58. The van der Waals surface area contributed by atoms with E-state index in [9.17, 15) is 9.50 Å². The molecule has 0 aromatic heterocycles. The van der Waals surface area contributed by atoms with Crippen molar-refractivity contribution in [3.63, 3.8) is 0 Å². The van der Waals surface area contributed by atoms with Gasteiger partial charge in [0.1, 0.15) is 11.4 Å². The summed E-state index contributed by atoms with van der Waals surface area (Å²) in [5.41, 5.74) is 3.42. The van der Waals surface area contributed by atoms with E-state index in [-0.39, 0.29) is 5.82 Å². The highest BCUT2D eigenvalue weighted by molar-refractivity contribution is 5.42. The zero-order valence-electron chi connectivity index (χ0n) is 11.8. The largest absolute Gasteiger partial charge is 0.381 e. The molecule has 1 N–H and O–H groups in total. The summed E-state index contributed by atoms with van der Waals surface area (Å²) in [5, 5.41) is 10.9. The zero-order valence-corrected chi connectivity index (χ0v) is 11.8. The third kappa shape index (κ3) is 2.69. The fourth-order valence-corrected chi connectivity index (χ4v) is 2.58. The molecule has 19 heavy (non-hydrogen) atoms. The third-order valence-corrected chi connectivity index (χ3v) is 3.50. The van der Waals surface area contributed by atoms with E-state index in [1.807, 2.05) is 32.9 Å². The standard InChI is InChI=1S/C17H19FO/c1-11-7-12(2)9-14(8-11)17(4,19)16-6-5-15(18)10-13(16)3/h5-10,19H,1-4H3. The summed E-state index contributed by atoms with van der Waals surface area (Å²) in [6.45, 7) is 7.57. The molecule has 0 saturated carbocycles. The van der Waals surface area contributed by atoms with Crippen LogP contribution < -0.4 is 0 Å². The molecule has 100 valence electrons. The lowest BCUT2D eigenvalue weighted by Crippen LogP contribution is -2.24. The second-order valence-electron chi connectivity index (χ2n) is 5.41. The van der Waals surface area contributed by atoms with Crippen molar-refractivity contribution >= 4 is 0 Å². The Bertz CT molecular complexity index is 594. The van der Waals surface area contributed by atoms with Crippen LogP contribution in [0.1, 0.15) is 34.7 Å². The lowest BCUT2D eigenvalue weighted by Gasteiger charge is -2.27. The SMILES string of the molecule is Cc1cc(C)cc(C(C)(O)c2ccc(F)cc2C)c1. The van der Waals surface area contributed by atoms with Crippen LogP contribution in [0.2, 0.25) is 0 Å². The van der Waals surface area contributed by atoms with E-state index in [2.05, 4.69) is 6.07 Å². The van der Waals surface area contributed by atoms with Gasteiger partial charge in [0.15, 0.2) is 0 Å². The highest BCUT2D eigenvalue weighted by Crippen LogP contribution is 2.32. The van der Waals surface area contributed by atoms with Gasteiger partial charge in [-0.1, -0.05) is 35.4 Å². The van der Waals surface area contributed by atoms with Gasteiger partial charge in [0, 0.05) is 0 Å². The summed E-state index contributed by atoms with van der Waals surface area (Å²) >= 11 is 0. The first-order valence-corrected chi connectivity index (χ1v) is 6.38. The summed E-state index contributed by atoms with van der Waals surface area (Å²) in [6.07, 6.45) is 0. The number of hydrogen-bond donors (Lipinski definition) is 1. The molecule has 2 aromatic carbocycles. The van der Waals surface area contributed by atoms with Gasteiger partial charge in [0.25, 0.3) is 0 Å². The molecule has 0 aliphatic heterocycles. The van der Waals surface area contributed by atoms with Gasteiger partial charge >= 0.3 is 0 Å². The molecule has 2 heteroatoms. The van der Waals surface area contributed by atoms with Gasteiger partial charge in [-0.05, 0) is 56.5 Å². The van der Waals surface area contributed by atoms with Gasteiger partial charge in [-0.15, -0.1) is 0 Å². The van der Waals surface area contributed by atoms with Crippen molar-refractivity contribution in [3.8, 4) is 0 Å². The van der Waals surface area contributed by atoms with Crippen LogP contribution in [-0.4, -0.2) is 5.11 Å². The Morgan fingerprint density at radius 1 is 0.947 bits per heavy atom. The average molecular weight is 258 g/mol. The molecule has 0 amide bonds. The molecular formula is C17H19FO. The molecule has 0 fully saturated rings. The van der Waals surface area contributed by atoms with Crippen LogP contribution >= 0.6 is 0 Å². The maximum absolute atomic E-state index is 13.2. The number of aryl methyl sites for hydroxylation is 3. The van der Waals surface area contributed by atoms with E-state index in [0.29, 0.717) is 0 Å². The summed E-state index contributed by atoms with van der Waals surface area (Å²) in [4.78, 5) is 0. The molecule has 0 saturated heterocycles. The summed E-state index contributed by atoms with van der Waals surface area (Å²) in [6, 6.07) is 10.5. The highest BCUT2D eigenvalue weighted by atomic mass is 19.1. The van der Waals surface area contributed by atoms with Crippen molar-refractivity contribution in [2.75, 3.05) is 0 Å². The van der Waals surface area contributed by atoms with Gasteiger partial charge in [0.05, 0.1) is 0 Å². The lowest BCUT2D eigenvalue weighted by atomic mass is 9.84. The van der Waals surface area contributed by atoms with E-state index in [0.717, 1.165) is 27.8 Å². The molecule has 0 aliphatic rings. The van der Waals surface area contributed by atoms with Gasteiger partial charge in [-0.25, -0.2) is 4.39 Å². The topological polar surface area (TPSA) is 20.2 Å². The molecule has 1 atom stereocenters. The Kier molecular flexibility index (Phi) is 3.46. The van der Waals surface area contributed by atoms with Crippen LogP contribution in [0.5, 0.6) is 0 Å². The average Bonchev–Trinajstić information content (AvgIpc) is 2.26. The van der Waals surface area contributed by atoms with Crippen LogP contribution in [0, 0.1) is 26.6 Å². The first-order valence-electron chi connectivity index (χ1n) is 6.38. The van der Waals surface area contributed by atoms with Gasteiger partial charge in [-0.2, -0.15) is 0 Å². The Morgan fingerprint density at radius 2 is 1.53 bits per heavy atom. The van der Waals surface area contributed by atoms with Crippen LogP contribution in [0.4, 0.5) is 4.39 Å². The van der Waals surface area contributed by atoms with Gasteiger partial charge < -0.3 is 5.11 Å². The lowest BCUT2D eigenvalue weighted by molar-refractivity contribution is 0.101. The van der Waals surface area contributed by atoms with E-state index in [4.69, 9.17) is 0 Å². The molecule has 0 heterocycles. The molecule has 0 radical (unpaired) electrons. The van der Waals surface area contributed by atoms with E-state index < -0.39 is 5.60 Å². The smallest absolute Gasteiger partial charge is 0.123 e. The molecule has 1 unspecified atom stereocenters. The Balaban J connectivity index is 2.57. The number of halogens is 1. The predicted octanol–water partition coefficient (Wildman–Crippen LogP) is 4.01. The Labute approximate surface area is 113 Å². The molecule has 0 spiro atoms. The minimum Gasteiger partial charge on any atom is -0.381 e. The van der Waals surface area contributed by atoms with E-state index in [1.54, 1.807) is 13.0 Å². The normalized spacial score (nSPS) is 14.2. The van der Waals surface area contributed by atoms with Crippen molar-refractivity contribution in [1.29, 1.82) is 0 Å². The Hall–Kier alpha value is -1.67. The Morgan fingerprint density at radius 3 is 2.05 bits per heavy atom. The second kappa shape index (κ2) is 4.78. The molecule has 1 nitrogen and oxygen atoms in total. The molecule has 2 rings (SSSR count). The monoisotopic (exact) mass is 258 g/mol. The molecular weight excluding hydrogens is 239 g/mol. The maximum Gasteiger partial charge on any atom is 0.123 e.